The Hall–Kier alpha value is -1.84. The van der Waals surface area contributed by atoms with Crippen molar-refractivity contribution in [2.75, 3.05) is 13.2 Å². The summed E-state index contributed by atoms with van der Waals surface area (Å²) < 4.78 is 146. The number of carbonyl (C=O) groups is 2. The molecule has 4 aliphatic carbocycles. The van der Waals surface area contributed by atoms with Crippen LogP contribution in [0.1, 0.15) is 51.9 Å². The molecule has 0 amide bonds. The molecule has 16 heteroatoms. The molecule has 4 bridgehead atoms. The van der Waals surface area contributed by atoms with Crippen LogP contribution in [-0.2, 0) is 23.8 Å². The molecule has 6 nitrogen and oxygen atoms in total. The Kier molecular flexibility index (Phi) is 7.33. The summed E-state index contributed by atoms with van der Waals surface area (Å²) in [6, 6.07) is 0. The Morgan fingerprint density at radius 2 is 1.46 bits per heavy atom. The average molecular weight is 562 g/mol. The number of halogens is 10. The smallest absolute Gasteiger partial charge is 0.451 e. The second kappa shape index (κ2) is 9.12. The zero-order valence-electron chi connectivity index (χ0n) is 19.3. The first kappa shape index (κ1) is 29.7. The molecule has 0 spiro atoms. The van der Waals surface area contributed by atoms with Gasteiger partial charge in [-0.15, -0.1) is 0 Å². The fourth-order valence-corrected chi connectivity index (χ4v) is 5.86. The van der Waals surface area contributed by atoms with Crippen LogP contribution < -0.4 is 0 Å². The molecule has 37 heavy (non-hydrogen) atoms. The minimum atomic E-state index is -6.17. The molecule has 0 saturated heterocycles. The lowest BCUT2D eigenvalue weighted by molar-refractivity contribution is -0.364. The van der Waals surface area contributed by atoms with E-state index in [1.165, 1.54) is 0 Å². The Bertz CT molecular complexity index is 882. The van der Waals surface area contributed by atoms with Crippen molar-refractivity contribution in [3.8, 4) is 0 Å². The molecule has 3 unspecified atom stereocenters. The van der Waals surface area contributed by atoms with Gasteiger partial charge in [0.2, 0.25) is 0 Å². The third-order valence-corrected chi connectivity index (χ3v) is 7.07. The summed E-state index contributed by atoms with van der Waals surface area (Å²) in [5.41, 5.74) is -3.18. The molecule has 3 atom stereocenters. The molecule has 0 radical (unpaired) electrons. The molecular formula is C21H24F10O6. The van der Waals surface area contributed by atoms with Crippen molar-refractivity contribution in [3.05, 3.63) is 0 Å². The van der Waals surface area contributed by atoms with Crippen LogP contribution in [-0.4, -0.2) is 65.8 Å². The van der Waals surface area contributed by atoms with Crippen LogP contribution in [0.25, 0.3) is 0 Å². The molecule has 0 aromatic heterocycles. The van der Waals surface area contributed by atoms with Gasteiger partial charge in [-0.1, -0.05) is 0 Å². The molecule has 0 aliphatic heterocycles. The first-order valence-electron chi connectivity index (χ1n) is 11.2. The first-order valence-corrected chi connectivity index (χ1v) is 11.2. The number of aliphatic hydroxyl groups is 1. The van der Waals surface area contributed by atoms with Gasteiger partial charge in [-0.05, 0) is 50.4 Å². The van der Waals surface area contributed by atoms with E-state index in [1.54, 1.807) is 0 Å². The molecule has 214 valence electrons. The topological polar surface area (TPSA) is 82.1 Å². The fraction of sp³-hybridized carbons (Fsp3) is 0.905. The zero-order valence-corrected chi connectivity index (χ0v) is 19.3. The van der Waals surface area contributed by atoms with Gasteiger partial charge in [0.1, 0.15) is 0 Å². The van der Waals surface area contributed by atoms with Gasteiger partial charge in [0.15, 0.2) is 6.61 Å². The van der Waals surface area contributed by atoms with Crippen molar-refractivity contribution in [3.63, 3.8) is 0 Å². The third-order valence-electron chi connectivity index (χ3n) is 7.07. The first-order chi connectivity index (χ1) is 16.5. The molecule has 4 rings (SSSR count). The van der Waals surface area contributed by atoms with Crippen molar-refractivity contribution in [1.29, 1.82) is 0 Å². The number of rotatable bonds is 9. The van der Waals surface area contributed by atoms with Gasteiger partial charge >= 0.3 is 41.9 Å². The van der Waals surface area contributed by atoms with Crippen LogP contribution in [0.3, 0.4) is 0 Å². The van der Waals surface area contributed by atoms with Gasteiger partial charge in [0.05, 0.1) is 17.6 Å². The van der Waals surface area contributed by atoms with Crippen LogP contribution in [0.5, 0.6) is 0 Å². The highest BCUT2D eigenvalue weighted by Gasteiger charge is 2.71. The summed E-state index contributed by atoms with van der Waals surface area (Å²) in [6.45, 7) is -4.80. The molecule has 0 aromatic rings. The SMILES string of the molecule is CC(F)(F)C(F)(F)CCOC(OC(=O)C12CC3CC(CC(O)(C3)C1)C2)(C(=O)OCC(F)(F)F)C(F)(F)F. The summed E-state index contributed by atoms with van der Waals surface area (Å²) in [6.07, 6.45) is -13.0. The van der Waals surface area contributed by atoms with Crippen molar-refractivity contribution in [2.45, 2.75) is 87.5 Å². The summed E-state index contributed by atoms with van der Waals surface area (Å²) in [4.78, 5) is 25.4. The van der Waals surface area contributed by atoms with E-state index in [2.05, 4.69) is 14.2 Å². The normalized spacial score (nSPS) is 31.7. The van der Waals surface area contributed by atoms with E-state index in [9.17, 15) is 58.6 Å². The number of hydrogen-bond donors (Lipinski definition) is 1. The van der Waals surface area contributed by atoms with E-state index < -0.39 is 72.6 Å². The maximum absolute atomic E-state index is 14.1. The second-order valence-corrected chi connectivity index (χ2v) is 10.4. The van der Waals surface area contributed by atoms with E-state index in [4.69, 9.17) is 0 Å². The van der Waals surface area contributed by atoms with Crippen molar-refractivity contribution >= 4 is 11.9 Å². The number of alkyl halides is 10. The number of hydrogen-bond acceptors (Lipinski definition) is 6. The van der Waals surface area contributed by atoms with E-state index >= 15 is 0 Å². The minimum Gasteiger partial charge on any atom is -0.451 e. The average Bonchev–Trinajstić information content (AvgIpc) is 2.66. The van der Waals surface area contributed by atoms with Crippen molar-refractivity contribution in [2.24, 2.45) is 17.3 Å². The monoisotopic (exact) mass is 562 g/mol. The van der Waals surface area contributed by atoms with Crippen LogP contribution >= 0.6 is 0 Å². The molecule has 0 heterocycles. The van der Waals surface area contributed by atoms with Gasteiger partial charge in [-0.25, -0.2) is 13.6 Å². The zero-order chi connectivity index (χ0) is 28.3. The highest BCUT2D eigenvalue weighted by Crippen LogP contribution is 2.62. The number of ether oxygens (including phenoxy) is 3. The summed E-state index contributed by atoms with van der Waals surface area (Å²) >= 11 is 0. The highest BCUT2D eigenvalue weighted by molar-refractivity contribution is 5.85. The maximum atomic E-state index is 14.1. The van der Waals surface area contributed by atoms with Gasteiger partial charge in [0.25, 0.3) is 0 Å². The van der Waals surface area contributed by atoms with E-state index in [-0.39, 0.29) is 50.9 Å². The van der Waals surface area contributed by atoms with Crippen molar-refractivity contribution in [1.82, 2.24) is 0 Å². The van der Waals surface area contributed by atoms with E-state index in [0.717, 1.165) is 0 Å². The van der Waals surface area contributed by atoms with Gasteiger partial charge in [0, 0.05) is 13.3 Å². The van der Waals surface area contributed by atoms with Gasteiger partial charge < -0.3 is 19.3 Å². The molecular weight excluding hydrogens is 538 g/mol. The molecule has 4 fully saturated rings. The van der Waals surface area contributed by atoms with Gasteiger partial charge in [-0.3, -0.25) is 4.79 Å². The largest absolute Gasteiger partial charge is 0.468 e. The third kappa shape index (κ3) is 5.93. The van der Waals surface area contributed by atoms with Crippen LogP contribution in [0.15, 0.2) is 0 Å². The van der Waals surface area contributed by atoms with Gasteiger partial charge in [-0.2, -0.15) is 35.1 Å². The van der Waals surface area contributed by atoms with Crippen molar-refractivity contribution < 1.29 is 72.8 Å². The van der Waals surface area contributed by atoms with E-state index in [0.29, 0.717) is 6.42 Å². The Morgan fingerprint density at radius 1 is 0.919 bits per heavy atom. The Morgan fingerprint density at radius 3 is 1.89 bits per heavy atom. The minimum absolute atomic E-state index is 0.0592. The molecule has 4 aliphatic rings. The van der Waals surface area contributed by atoms with Crippen LogP contribution in [0.2, 0.25) is 0 Å². The lowest BCUT2D eigenvalue weighted by Crippen LogP contribution is -2.63. The standard InChI is InChI=1S/C21H24F10O6/c1-15(22,23)18(24,25)2-3-36-20(21(29,30)31,14(33)35-10-19(26,27)28)37-13(32)16-5-11-4-12(6-16)8-17(34,7-11)9-16/h11-12,34H,2-10H2,1H3. The van der Waals surface area contributed by atoms with Crippen LogP contribution in [0.4, 0.5) is 43.9 Å². The highest BCUT2D eigenvalue weighted by atomic mass is 19.4. The quantitative estimate of drug-likeness (QED) is 0.244. The van der Waals surface area contributed by atoms with Crippen LogP contribution in [0, 0.1) is 17.3 Å². The second-order valence-electron chi connectivity index (χ2n) is 10.4. The Labute approximate surface area is 203 Å². The predicted octanol–water partition coefficient (Wildman–Crippen LogP) is 4.92. The Balaban J connectivity index is 1.92. The molecule has 0 aromatic carbocycles. The predicted molar refractivity (Wildman–Crippen MR) is 100 cm³/mol. The summed E-state index contributed by atoms with van der Waals surface area (Å²) in [5, 5.41) is 10.7. The summed E-state index contributed by atoms with van der Waals surface area (Å²) in [7, 11) is 0. The fourth-order valence-electron chi connectivity index (χ4n) is 5.86. The lowest BCUT2D eigenvalue weighted by Gasteiger charge is -2.59. The summed E-state index contributed by atoms with van der Waals surface area (Å²) in [5.74, 6) is -19.9. The molecule has 4 saturated carbocycles. The maximum Gasteiger partial charge on any atom is 0.468 e. The number of carbonyl (C=O) groups excluding carboxylic acids is 2. The number of esters is 2. The molecule has 1 N–H and O–H groups in total. The lowest BCUT2D eigenvalue weighted by atomic mass is 9.48. The van der Waals surface area contributed by atoms with E-state index in [1.807, 2.05) is 0 Å².